The van der Waals surface area contributed by atoms with E-state index in [0.29, 0.717) is 23.9 Å². The molecule has 3 nitrogen and oxygen atoms in total. The van der Waals surface area contributed by atoms with Crippen molar-refractivity contribution in [3.05, 3.63) is 34.9 Å². The van der Waals surface area contributed by atoms with Gasteiger partial charge in [-0.25, -0.2) is 0 Å². The summed E-state index contributed by atoms with van der Waals surface area (Å²) in [4.78, 5) is 12.6. The van der Waals surface area contributed by atoms with Crippen LogP contribution < -0.4 is 5.32 Å². The Morgan fingerprint density at radius 2 is 2.25 bits per heavy atom. The van der Waals surface area contributed by atoms with Gasteiger partial charge >= 0.3 is 0 Å². The van der Waals surface area contributed by atoms with Crippen molar-refractivity contribution in [3.8, 4) is 0 Å². The van der Waals surface area contributed by atoms with E-state index >= 15 is 0 Å². The second-order valence-electron chi connectivity index (χ2n) is 5.77. The highest BCUT2D eigenvalue weighted by Crippen LogP contribution is 2.44. The molecule has 0 radical (unpaired) electrons. The normalized spacial score (nSPS) is 18.1. The Hall–Kier alpha value is -1.06. The first kappa shape index (κ1) is 15.3. The van der Waals surface area contributed by atoms with E-state index in [1.54, 1.807) is 0 Å². The second kappa shape index (κ2) is 6.59. The third-order valence-electron chi connectivity index (χ3n) is 4.25. The molecule has 1 aromatic carbocycles. The van der Waals surface area contributed by atoms with Crippen LogP contribution in [0, 0.1) is 5.92 Å². The molecule has 1 saturated carbocycles. The number of carbonyl (C=O) groups excluding carboxylic acids is 1. The maximum atomic E-state index is 12.6. The fourth-order valence-electron chi connectivity index (χ4n) is 2.72. The average Bonchev–Trinajstić information content (AvgIpc) is 2.35. The predicted molar refractivity (Wildman–Crippen MR) is 80.9 cm³/mol. The summed E-state index contributed by atoms with van der Waals surface area (Å²) in [6, 6.07) is 7.62. The molecule has 2 N–H and O–H groups in total. The number of amides is 1. The molecular formula is C16H22ClNO2. The Kier molecular flexibility index (Phi) is 5.06. The number of carbonyl (C=O) groups is 1. The predicted octanol–water partition coefficient (Wildman–Crippen LogP) is 2.90. The summed E-state index contributed by atoms with van der Waals surface area (Å²) in [7, 11) is 0. The molecule has 4 heteroatoms. The van der Waals surface area contributed by atoms with Crippen LogP contribution >= 0.6 is 11.6 Å². The van der Waals surface area contributed by atoms with E-state index < -0.39 is 5.41 Å². The standard InChI is InChI=1S/C16H22ClNO2/c1-12(6-9-19)11-18-15(20)16(7-3-8-16)13-4-2-5-14(17)10-13/h2,4-5,10,12,19H,3,6-9,11H2,1H3,(H,18,20). The van der Waals surface area contributed by atoms with Crippen molar-refractivity contribution in [2.45, 2.75) is 38.0 Å². The van der Waals surface area contributed by atoms with Gasteiger partial charge in [0.25, 0.3) is 0 Å². The van der Waals surface area contributed by atoms with Gasteiger partial charge in [-0.3, -0.25) is 4.79 Å². The van der Waals surface area contributed by atoms with Crippen LogP contribution in [-0.2, 0) is 10.2 Å². The van der Waals surface area contributed by atoms with Crippen LogP contribution in [0.3, 0.4) is 0 Å². The number of benzene rings is 1. The van der Waals surface area contributed by atoms with Crippen molar-refractivity contribution in [2.75, 3.05) is 13.2 Å². The molecule has 2 rings (SSSR count). The lowest BCUT2D eigenvalue weighted by Crippen LogP contribution is -2.50. The molecule has 0 saturated heterocycles. The minimum Gasteiger partial charge on any atom is -0.396 e. The van der Waals surface area contributed by atoms with Gasteiger partial charge in [-0.05, 0) is 42.9 Å². The molecular weight excluding hydrogens is 274 g/mol. The van der Waals surface area contributed by atoms with Crippen LogP contribution in [0.4, 0.5) is 0 Å². The van der Waals surface area contributed by atoms with Crippen molar-refractivity contribution in [1.82, 2.24) is 5.32 Å². The fourth-order valence-corrected chi connectivity index (χ4v) is 2.91. The fraction of sp³-hybridized carbons (Fsp3) is 0.562. The van der Waals surface area contributed by atoms with Crippen molar-refractivity contribution in [1.29, 1.82) is 0 Å². The zero-order valence-corrected chi connectivity index (χ0v) is 12.6. The molecule has 1 aliphatic rings. The van der Waals surface area contributed by atoms with Crippen LogP contribution in [0.1, 0.15) is 38.2 Å². The molecule has 1 aromatic rings. The highest BCUT2D eigenvalue weighted by molar-refractivity contribution is 6.30. The van der Waals surface area contributed by atoms with E-state index in [1.807, 2.05) is 31.2 Å². The van der Waals surface area contributed by atoms with Crippen LogP contribution in [0.25, 0.3) is 0 Å². The van der Waals surface area contributed by atoms with Gasteiger partial charge in [0.15, 0.2) is 0 Å². The topological polar surface area (TPSA) is 49.3 Å². The van der Waals surface area contributed by atoms with Gasteiger partial charge in [-0.2, -0.15) is 0 Å². The van der Waals surface area contributed by atoms with Crippen molar-refractivity contribution in [2.24, 2.45) is 5.92 Å². The lowest BCUT2D eigenvalue weighted by atomic mass is 9.64. The van der Waals surface area contributed by atoms with E-state index in [-0.39, 0.29) is 12.5 Å². The number of aliphatic hydroxyl groups excluding tert-OH is 1. The molecule has 1 aliphatic carbocycles. The zero-order chi connectivity index (χ0) is 14.6. The number of hydrogen-bond donors (Lipinski definition) is 2. The first-order valence-corrected chi connectivity index (χ1v) is 7.61. The molecule has 0 aliphatic heterocycles. The quantitative estimate of drug-likeness (QED) is 0.848. The highest BCUT2D eigenvalue weighted by atomic mass is 35.5. The number of aliphatic hydroxyl groups is 1. The van der Waals surface area contributed by atoms with Gasteiger partial charge < -0.3 is 10.4 Å². The monoisotopic (exact) mass is 295 g/mol. The van der Waals surface area contributed by atoms with Gasteiger partial charge in [0.1, 0.15) is 0 Å². The van der Waals surface area contributed by atoms with E-state index in [4.69, 9.17) is 16.7 Å². The zero-order valence-electron chi connectivity index (χ0n) is 11.9. The maximum absolute atomic E-state index is 12.6. The molecule has 1 unspecified atom stereocenters. The summed E-state index contributed by atoms with van der Waals surface area (Å²) < 4.78 is 0. The third-order valence-corrected chi connectivity index (χ3v) is 4.49. The van der Waals surface area contributed by atoms with Gasteiger partial charge in [-0.15, -0.1) is 0 Å². The van der Waals surface area contributed by atoms with E-state index in [9.17, 15) is 4.79 Å². The van der Waals surface area contributed by atoms with Crippen molar-refractivity contribution < 1.29 is 9.90 Å². The lowest BCUT2D eigenvalue weighted by Gasteiger charge is -2.41. The Morgan fingerprint density at radius 1 is 1.50 bits per heavy atom. The van der Waals surface area contributed by atoms with Gasteiger partial charge in [0.05, 0.1) is 5.41 Å². The average molecular weight is 296 g/mol. The molecule has 1 atom stereocenters. The second-order valence-corrected chi connectivity index (χ2v) is 6.21. The summed E-state index contributed by atoms with van der Waals surface area (Å²) in [6.45, 7) is 2.81. The van der Waals surface area contributed by atoms with E-state index in [1.165, 1.54) is 0 Å². The van der Waals surface area contributed by atoms with Gasteiger partial charge in [-0.1, -0.05) is 37.1 Å². The Bertz CT molecular complexity index is 471. The number of rotatable bonds is 6. The van der Waals surface area contributed by atoms with Crippen LogP contribution in [0.5, 0.6) is 0 Å². The summed E-state index contributed by atoms with van der Waals surface area (Å²) in [5.41, 5.74) is 0.618. The molecule has 0 heterocycles. The summed E-state index contributed by atoms with van der Waals surface area (Å²) in [6.07, 6.45) is 3.55. The lowest BCUT2D eigenvalue weighted by molar-refractivity contribution is -0.130. The third kappa shape index (κ3) is 3.15. The van der Waals surface area contributed by atoms with Crippen molar-refractivity contribution in [3.63, 3.8) is 0 Å². The Balaban J connectivity index is 2.05. The highest BCUT2D eigenvalue weighted by Gasteiger charge is 2.45. The molecule has 110 valence electrons. The van der Waals surface area contributed by atoms with Crippen LogP contribution in [0.15, 0.2) is 24.3 Å². The van der Waals surface area contributed by atoms with E-state index in [2.05, 4.69) is 5.32 Å². The molecule has 20 heavy (non-hydrogen) atoms. The number of hydrogen-bond acceptors (Lipinski definition) is 2. The van der Waals surface area contributed by atoms with Crippen LogP contribution in [-0.4, -0.2) is 24.2 Å². The molecule has 0 bridgehead atoms. The summed E-state index contributed by atoms with van der Waals surface area (Å²) >= 11 is 6.05. The largest absolute Gasteiger partial charge is 0.396 e. The van der Waals surface area contributed by atoms with Crippen molar-refractivity contribution >= 4 is 17.5 Å². The smallest absolute Gasteiger partial charge is 0.230 e. The number of halogens is 1. The Morgan fingerprint density at radius 3 is 2.80 bits per heavy atom. The maximum Gasteiger partial charge on any atom is 0.230 e. The summed E-state index contributed by atoms with van der Waals surface area (Å²) in [5, 5.41) is 12.6. The van der Waals surface area contributed by atoms with Gasteiger partial charge in [0.2, 0.25) is 5.91 Å². The first-order valence-electron chi connectivity index (χ1n) is 7.24. The minimum absolute atomic E-state index is 0.0933. The van der Waals surface area contributed by atoms with Gasteiger partial charge in [0, 0.05) is 18.2 Å². The minimum atomic E-state index is -0.399. The molecule has 1 amide bonds. The SMILES string of the molecule is CC(CCO)CNC(=O)C1(c2cccc(Cl)c2)CCC1. The first-order chi connectivity index (χ1) is 9.58. The molecule has 0 spiro atoms. The summed E-state index contributed by atoms with van der Waals surface area (Å²) in [5.74, 6) is 0.385. The Labute approximate surface area is 125 Å². The molecule has 1 fully saturated rings. The van der Waals surface area contributed by atoms with Crippen LogP contribution in [0.2, 0.25) is 5.02 Å². The number of nitrogens with one attached hydrogen (secondary N) is 1. The molecule has 0 aromatic heterocycles. The van der Waals surface area contributed by atoms with E-state index in [0.717, 1.165) is 24.8 Å².